The molecule has 0 aliphatic carbocycles. The number of aliphatic hydroxyl groups excluding tert-OH is 1. The van der Waals surface area contributed by atoms with Gasteiger partial charge in [0.05, 0.1) is 29.0 Å². The third-order valence-electron chi connectivity index (χ3n) is 4.27. The normalized spacial score (nSPS) is 21.1. The molecule has 0 saturated heterocycles. The Bertz CT molecular complexity index is 790. The van der Waals surface area contributed by atoms with E-state index < -0.39 is 12.0 Å². The van der Waals surface area contributed by atoms with Gasteiger partial charge in [0.15, 0.2) is 0 Å². The maximum atomic E-state index is 11.8. The van der Waals surface area contributed by atoms with Crippen LogP contribution in [-0.4, -0.2) is 37.6 Å². The van der Waals surface area contributed by atoms with Gasteiger partial charge in [-0.2, -0.15) is 0 Å². The SMILES string of the molecule is C=CCN1[C@@H](c2ccccn2)C(C(=O)O)=C(O)C[C@H]1c1ccccn1. The van der Waals surface area contributed by atoms with Crippen molar-refractivity contribution >= 4 is 5.97 Å². The lowest BCUT2D eigenvalue weighted by molar-refractivity contribution is -0.134. The number of carboxylic acids is 1. The van der Waals surface area contributed by atoms with Crippen LogP contribution in [0.4, 0.5) is 0 Å². The molecule has 0 unspecified atom stereocenters. The van der Waals surface area contributed by atoms with Gasteiger partial charge in [-0.15, -0.1) is 6.58 Å². The van der Waals surface area contributed by atoms with Crippen LogP contribution in [0.2, 0.25) is 0 Å². The minimum absolute atomic E-state index is 0.0484. The second kappa shape index (κ2) is 7.27. The smallest absolute Gasteiger partial charge is 0.337 e. The summed E-state index contributed by atoms with van der Waals surface area (Å²) in [6.45, 7) is 4.23. The number of aromatic nitrogens is 2. The third kappa shape index (κ3) is 3.29. The van der Waals surface area contributed by atoms with Gasteiger partial charge in [-0.3, -0.25) is 14.9 Å². The van der Waals surface area contributed by atoms with Gasteiger partial charge in [-0.1, -0.05) is 18.2 Å². The molecule has 0 spiro atoms. The summed E-state index contributed by atoms with van der Waals surface area (Å²) < 4.78 is 0. The maximum Gasteiger partial charge on any atom is 0.337 e. The summed E-state index contributed by atoms with van der Waals surface area (Å²) in [6.07, 6.45) is 5.19. The van der Waals surface area contributed by atoms with E-state index in [1.54, 1.807) is 36.7 Å². The van der Waals surface area contributed by atoms with Crippen molar-refractivity contribution in [3.05, 3.63) is 84.2 Å². The molecule has 128 valence electrons. The summed E-state index contributed by atoms with van der Waals surface area (Å²) in [5, 5.41) is 20.1. The van der Waals surface area contributed by atoms with E-state index in [9.17, 15) is 15.0 Å². The number of hydrogen-bond donors (Lipinski definition) is 2. The molecular weight excluding hydrogens is 318 g/mol. The van der Waals surface area contributed by atoms with Gasteiger partial charge in [-0.05, 0) is 24.3 Å². The number of carboxylic acid groups (broad SMARTS) is 1. The van der Waals surface area contributed by atoms with E-state index in [-0.39, 0.29) is 23.8 Å². The largest absolute Gasteiger partial charge is 0.512 e. The molecule has 2 aromatic heterocycles. The van der Waals surface area contributed by atoms with E-state index in [0.717, 1.165) is 5.69 Å². The van der Waals surface area contributed by atoms with E-state index in [2.05, 4.69) is 16.5 Å². The van der Waals surface area contributed by atoms with Crippen LogP contribution in [0.1, 0.15) is 29.9 Å². The van der Waals surface area contributed by atoms with Crippen LogP contribution in [0.15, 0.2) is 72.8 Å². The molecule has 3 heterocycles. The van der Waals surface area contributed by atoms with Gasteiger partial charge in [-0.25, -0.2) is 4.79 Å². The van der Waals surface area contributed by atoms with Crippen LogP contribution >= 0.6 is 0 Å². The van der Waals surface area contributed by atoms with Crippen molar-refractivity contribution in [3.63, 3.8) is 0 Å². The number of aliphatic hydroxyl groups is 1. The van der Waals surface area contributed by atoms with Gasteiger partial charge < -0.3 is 10.2 Å². The van der Waals surface area contributed by atoms with Crippen LogP contribution in [0.3, 0.4) is 0 Å². The minimum Gasteiger partial charge on any atom is -0.512 e. The van der Waals surface area contributed by atoms with Crippen LogP contribution in [0.5, 0.6) is 0 Å². The number of carbonyl (C=O) groups is 1. The molecule has 2 atom stereocenters. The molecular formula is C19H19N3O3. The molecule has 6 nitrogen and oxygen atoms in total. The van der Waals surface area contributed by atoms with E-state index in [1.165, 1.54) is 0 Å². The zero-order valence-corrected chi connectivity index (χ0v) is 13.6. The highest BCUT2D eigenvalue weighted by Crippen LogP contribution is 2.43. The minimum atomic E-state index is -1.15. The number of pyridine rings is 2. The number of rotatable bonds is 5. The van der Waals surface area contributed by atoms with Crippen molar-refractivity contribution in [2.24, 2.45) is 0 Å². The highest BCUT2D eigenvalue weighted by atomic mass is 16.4. The van der Waals surface area contributed by atoms with E-state index >= 15 is 0 Å². The fourth-order valence-corrected chi connectivity index (χ4v) is 3.24. The van der Waals surface area contributed by atoms with Gasteiger partial charge in [0.25, 0.3) is 0 Å². The van der Waals surface area contributed by atoms with Crippen LogP contribution in [0.25, 0.3) is 0 Å². The second-order valence-electron chi connectivity index (χ2n) is 5.78. The Morgan fingerprint density at radius 3 is 2.36 bits per heavy atom. The Balaban J connectivity index is 2.16. The number of aliphatic carboxylic acids is 1. The zero-order chi connectivity index (χ0) is 17.8. The number of nitrogens with zero attached hydrogens (tertiary/aromatic N) is 3. The topological polar surface area (TPSA) is 86.6 Å². The molecule has 2 N–H and O–H groups in total. The molecule has 1 aliphatic heterocycles. The molecule has 0 fully saturated rings. The monoisotopic (exact) mass is 337 g/mol. The summed E-state index contributed by atoms with van der Waals surface area (Å²) in [5.74, 6) is -1.29. The fraction of sp³-hybridized carbons (Fsp3) is 0.211. The van der Waals surface area contributed by atoms with Gasteiger partial charge in [0.1, 0.15) is 5.76 Å². The first-order valence-electron chi connectivity index (χ1n) is 7.97. The van der Waals surface area contributed by atoms with Crippen LogP contribution in [0, 0.1) is 0 Å². The molecule has 2 aromatic rings. The Morgan fingerprint density at radius 1 is 1.20 bits per heavy atom. The zero-order valence-electron chi connectivity index (χ0n) is 13.6. The summed E-state index contributed by atoms with van der Waals surface area (Å²) in [7, 11) is 0. The summed E-state index contributed by atoms with van der Waals surface area (Å²) in [5.41, 5.74) is 1.28. The predicted molar refractivity (Wildman–Crippen MR) is 92.8 cm³/mol. The van der Waals surface area contributed by atoms with Crippen LogP contribution in [-0.2, 0) is 4.79 Å². The predicted octanol–water partition coefficient (Wildman–Crippen LogP) is 3.05. The molecule has 1 aliphatic rings. The van der Waals surface area contributed by atoms with E-state index in [0.29, 0.717) is 12.2 Å². The molecule has 6 heteroatoms. The van der Waals surface area contributed by atoms with Gasteiger partial charge in [0, 0.05) is 25.4 Å². The van der Waals surface area contributed by atoms with Crippen molar-refractivity contribution in [2.45, 2.75) is 18.5 Å². The highest BCUT2D eigenvalue weighted by molar-refractivity contribution is 5.89. The molecule has 0 amide bonds. The Hall–Kier alpha value is -2.99. The fourth-order valence-electron chi connectivity index (χ4n) is 3.24. The lowest BCUT2D eigenvalue weighted by Gasteiger charge is -2.41. The lowest BCUT2D eigenvalue weighted by atomic mass is 9.89. The lowest BCUT2D eigenvalue weighted by Crippen LogP contribution is -2.40. The number of hydrogen-bond acceptors (Lipinski definition) is 5. The first kappa shape index (κ1) is 16.9. The van der Waals surface area contributed by atoms with Gasteiger partial charge in [0.2, 0.25) is 0 Å². The molecule has 0 radical (unpaired) electrons. The van der Waals surface area contributed by atoms with Crippen molar-refractivity contribution in [3.8, 4) is 0 Å². The molecule has 0 bridgehead atoms. The molecule has 25 heavy (non-hydrogen) atoms. The summed E-state index contributed by atoms with van der Waals surface area (Å²) in [4.78, 5) is 22.5. The van der Waals surface area contributed by atoms with Crippen LogP contribution < -0.4 is 0 Å². The Labute approximate surface area is 145 Å². The van der Waals surface area contributed by atoms with Crippen molar-refractivity contribution in [1.82, 2.24) is 14.9 Å². The summed E-state index contributed by atoms with van der Waals surface area (Å²) in [6, 6.07) is 9.94. The molecule has 0 aromatic carbocycles. The average molecular weight is 337 g/mol. The third-order valence-corrected chi connectivity index (χ3v) is 4.27. The van der Waals surface area contributed by atoms with Crippen molar-refractivity contribution in [2.75, 3.05) is 6.54 Å². The Morgan fingerprint density at radius 2 is 1.84 bits per heavy atom. The first-order valence-corrected chi connectivity index (χ1v) is 7.97. The first-order chi connectivity index (χ1) is 12.1. The van der Waals surface area contributed by atoms with Gasteiger partial charge >= 0.3 is 5.97 Å². The average Bonchev–Trinajstić information content (AvgIpc) is 2.63. The summed E-state index contributed by atoms with van der Waals surface area (Å²) >= 11 is 0. The van der Waals surface area contributed by atoms with E-state index in [1.807, 2.05) is 23.1 Å². The van der Waals surface area contributed by atoms with E-state index in [4.69, 9.17) is 0 Å². The maximum absolute atomic E-state index is 11.8. The molecule has 3 rings (SSSR count). The second-order valence-corrected chi connectivity index (χ2v) is 5.78. The molecule has 0 saturated carbocycles. The highest BCUT2D eigenvalue weighted by Gasteiger charge is 2.41. The standard InChI is InChI=1S/C19H19N3O3/c1-2-11-22-15(13-7-3-5-9-20-13)12-16(23)17(19(24)25)18(22)14-8-4-6-10-21-14/h2-10,15,18,23H,1,11-12H2,(H,24,25)/t15-,18-/m0/s1. The van der Waals surface area contributed by atoms with Crippen molar-refractivity contribution in [1.29, 1.82) is 0 Å². The Kier molecular flexibility index (Phi) is 4.90. The van der Waals surface area contributed by atoms with Crippen molar-refractivity contribution < 1.29 is 15.0 Å². The quantitative estimate of drug-likeness (QED) is 0.816.